The Bertz CT molecular complexity index is 515. The fourth-order valence-electron chi connectivity index (χ4n) is 1.42. The zero-order valence-electron chi connectivity index (χ0n) is 10.6. The highest BCUT2D eigenvalue weighted by Gasteiger charge is 2.26. The lowest BCUT2D eigenvalue weighted by Crippen LogP contribution is -2.10. The summed E-state index contributed by atoms with van der Waals surface area (Å²) in [5.74, 6) is 0.665. The molecule has 1 aromatic rings. The van der Waals surface area contributed by atoms with E-state index in [2.05, 4.69) is 25.7 Å². The first-order valence-electron chi connectivity index (χ1n) is 5.60. The molecule has 9 heteroatoms. The maximum absolute atomic E-state index is 10.7. The van der Waals surface area contributed by atoms with Gasteiger partial charge in [-0.3, -0.25) is 0 Å². The van der Waals surface area contributed by atoms with Gasteiger partial charge >= 0.3 is 14.4 Å². The summed E-state index contributed by atoms with van der Waals surface area (Å²) in [7, 11) is -4.63. The summed E-state index contributed by atoms with van der Waals surface area (Å²) in [4.78, 5) is 28.6. The van der Waals surface area contributed by atoms with Crippen molar-refractivity contribution in [2.24, 2.45) is 0 Å². The molecule has 0 fully saturated rings. The molecule has 0 bridgehead atoms. The first kappa shape index (κ1) is 16.8. The lowest BCUT2D eigenvalue weighted by molar-refractivity contribution is 0.362. The maximum atomic E-state index is 10.7. The van der Waals surface area contributed by atoms with Crippen LogP contribution in [-0.2, 0) is 16.4 Å². The van der Waals surface area contributed by atoms with Crippen LogP contribution in [-0.4, -0.2) is 14.7 Å². The number of hydrogen-bond donors (Lipinski definition) is 4. The SMILES string of the molecule is CCC(C)c1ccc(OP(O)(=S)NP(=O)(O)O)cc1. The fraction of sp³-hybridized carbons (Fsp3) is 0.400. The van der Waals surface area contributed by atoms with Gasteiger partial charge in [0.15, 0.2) is 0 Å². The number of rotatable bonds is 6. The monoisotopic (exact) mass is 325 g/mol. The van der Waals surface area contributed by atoms with Gasteiger partial charge in [-0.25, -0.2) is 4.57 Å². The minimum atomic E-state index is -4.63. The van der Waals surface area contributed by atoms with Gasteiger partial charge in [0.05, 0.1) is 0 Å². The predicted octanol–water partition coefficient (Wildman–Crippen LogP) is 2.48. The van der Waals surface area contributed by atoms with Crippen molar-refractivity contribution in [3.05, 3.63) is 29.8 Å². The highest BCUT2D eigenvalue weighted by Crippen LogP contribution is 2.48. The highest BCUT2D eigenvalue weighted by molar-refractivity contribution is 8.10. The molecule has 0 aliphatic carbocycles. The maximum Gasteiger partial charge on any atom is 0.408 e. The van der Waals surface area contributed by atoms with Gasteiger partial charge in [-0.15, -0.1) is 4.86 Å². The molecule has 0 aliphatic rings. The highest BCUT2D eigenvalue weighted by atomic mass is 32.5. The summed E-state index contributed by atoms with van der Waals surface area (Å²) < 4.78 is 15.7. The van der Waals surface area contributed by atoms with Crippen LogP contribution in [0.15, 0.2) is 24.3 Å². The van der Waals surface area contributed by atoms with Crippen LogP contribution in [0.1, 0.15) is 31.7 Å². The number of nitrogens with one attached hydrogen (secondary N) is 1. The Morgan fingerprint density at radius 3 is 2.26 bits per heavy atom. The van der Waals surface area contributed by atoms with Crippen molar-refractivity contribution < 1.29 is 23.8 Å². The van der Waals surface area contributed by atoms with Crippen LogP contribution in [0.25, 0.3) is 0 Å². The van der Waals surface area contributed by atoms with Crippen LogP contribution in [0.2, 0.25) is 0 Å². The first-order chi connectivity index (χ1) is 8.63. The van der Waals surface area contributed by atoms with Crippen molar-refractivity contribution in [2.75, 3.05) is 0 Å². The third-order valence-corrected chi connectivity index (χ3v) is 6.02. The number of hydrogen-bond acceptors (Lipinski definition) is 3. The second-order valence-electron chi connectivity index (χ2n) is 4.13. The van der Waals surface area contributed by atoms with E-state index in [1.807, 2.05) is 12.1 Å². The molecule has 0 spiro atoms. The fourth-order valence-corrected chi connectivity index (χ4v) is 4.52. The lowest BCUT2D eigenvalue weighted by Gasteiger charge is -2.18. The van der Waals surface area contributed by atoms with Crippen LogP contribution in [0.3, 0.4) is 0 Å². The van der Waals surface area contributed by atoms with Crippen molar-refractivity contribution >= 4 is 26.2 Å². The molecular formula is C10H17NO5P2S. The predicted molar refractivity (Wildman–Crippen MR) is 77.5 cm³/mol. The molecule has 6 nitrogen and oxygen atoms in total. The summed E-state index contributed by atoms with van der Waals surface area (Å²) in [5.41, 5.74) is 1.11. The molecule has 19 heavy (non-hydrogen) atoms. The topological polar surface area (TPSA) is 99.0 Å². The Labute approximate surface area is 117 Å². The van der Waals surface area contributed by atoms with Crippen LogP contribution < -0.4 is 9.38 Å². The summed E-state index contributed by atoms with van der Waals surface area (Å²) in [5, 5.41) is 0. The molecule has 108 valence electrons. The van der Waals surface area contributed by atoms with E-state index in [1.54, 1.807) is 17.0 Å². The van der Waals surface area contributed by atoms with Crippen molar-refractivity contribution in [1.82, 2.24) is 4.86 Å². The van der Waals surface area contributed by atoms with Crippen LogP contribution in [0.5, 0.6) is 5.75 Å². The van der Waals surface area contributed by atoms with Gasteiger partial charge in [0, 0.05) is 0 Å². The van der Waals surface area contributed by atoms with Gasteiger partial charge in [0.2, 0.25) is 0 Å². The molecule has 0 saturated heterocycles. The third-order valence-electron chi connectivity index (χ3n) is 2.55. The lowest BCUT2D eigenvalue weighted by atomic mass is 9.99. The van der Waals surface area contributed by atoms with Gasteiger partial charge < -0.3 is 19.2 Å². The minimum absolute atomic E-state index is 0.263. The Kier molecular flexibility index (Phi) is 5.71. The molecule has 2 unspecified atom stereocenters. The van der Waals surface area contributed by atoms with Gasteiger partial charge in [-0.05, 0) is 41.8 Å². The minimum Gasteiger partial charge on any atom is -0.433 e. The molecule has 0 heterocycles. The Balaban J connectivity index is 2.78. The number of benzene rings is 1. The zero-order valence-corrected chi connectivity index (χ0v) is 13.2. The normalized spacial score (nSPS) is 16.7. The molecule has 1 rings (SSSR count). The van der Waals surface area contributed by atoms with Gasteiger partial charge in [0.1, 0.15) is 5.75 Å². The van der Waals surface area contributed by atoms with E-state index in [9.17, 15) is 9.46 Å². The molecule has 0 amide bonds. The van der Waals surface area contributed by atoms with Gasteiger partial charge in [0.25, 0.3) is 0 Å². The molecular weight excluding hydrogens is 308 g/mol. The van der Waals surface area contributed by atoms with Crippen molar-refractivity contribution in [1.29, 1.82) is 0 Å². The van der Waals surface area contributed by atoms with E-state index in [-0.39, 0.29) is 5.75 Å². The van der Waals surface area contributed by atoms with Crippen LogP contribution in [0.4, 0.5) is 0 Å². The quantitative estimate of drug-likeness (QED) is 0.596. The molecule has 0 radical (unpaired) electrons. The van der Waals surface area contributed by atoms with Crippen molar-refractivity contribution in [3.8, 4) is 5.75 Å². The molecule has 2 atom stereocenters. The molecule has 0 saturated carbocycles. The summed E-state index contributed by atoms with van der Waals surface area (Å²) in [6.45, 7) is 0.399. The summed E-state index contributed by atoms with van der Waals surface area (Å²) in [6, 6.07) is 6.88. The standard InChI is InChI=1S/C10H17NO5P2S/c1-3-8(2)9-4-6-10(7-5-9)16-18(15,19)11-17(12,13)14/h4-8H,3H2,1-2H3,(H4,11,12,13,14,15,19). The first-order valence-corrected chi connectivity index (χ1v) is 9.89. The van der Waals surface area contributed by atoms with E-state index in [0.717, 1.165) is 12.0 Å². The third kappa shape index (κ3) is 6.15. The molecule has 4 N–H and O–H groups in total. The largest absolute Gasteiger partial charge is 0.433 e. The van der Waals surface area contributed by atoms with E-state index in [1.165, 1.54) is 0 Å². The van der Waals surface area contributed by atoms with E-state index >= 15 is 0 Å². The molecule has 0 aromatic heterocycles. The Morgan fingerprint density at radius 2 is 1.84 bits per heavy atom. The van der Waals surface area contributed by atoms with Crippen LogP contribution in [0, 0.1) is 0 Å². The Morgan fingerprint density at radius 1 is 1.32 bits per heavy atom. The van der Waals surface area contributed by atoms with Gasteiger partial charge in [-0.1, -0.05) is 26.0 Å². The average Bonchev–Trinajstić information content (AvgIpc) is 2.25. The smallest absolute Gasteiger partial charge is 0.408 e. The van der Waals surface area contributed by atoms with Crippen molar-refractivity contribution in [2.45, 2.75) is 26.2 Å². The van der Waals surface area contributed by atoms with E-state index in [0.29, 0.717) is 5.92 Å². The van der Waals surface area contributed by atoms with Crippen LogP contribution >= 0.6 is 14.4 Å². The second-order valence-corrected chi connectivity index (χ2v) is 8.73. The molecule has 1 aromatic carbocycles. The van der Waals surface area contributed by atoms with E-state index in [4.69, 9.17) is 14.3 Å². The Hall–Kier alpha value is -0.260. The van der Waals surface area contributed by atoms with Crippen molar-refractivity contribution in [3.63, 3.8) is 0 Å². The summed E-state index contributed by atoms with van der Waals surface area (Å²) in [6.07, 6.45) is 0.998. The van der Waals surface area contributed by atoms with E-state index < -0.39 is 14.4 Å². The summed E-state index contributed by atoms with van der Waals surface area (Å²) >= 11 is 4.62. The molecule has 0 aliphatic heterocycles. The van der Waals surface area contributed by atoms with Gasteiger partial charge in [-0.2, -0.15) is 0 Å². The average molecular weight is 325 g/mol. The second kappa shape index (κ2) is 6.46. The zero-order chi connectivity index (χ0) is 14.7.